The van der Waals surface area contributed by atoms with Gasteiger partial charge in [0.15, 0.2) is 0 Å². The lowest BCUT2D eigenvalue weighted by Crippen LogP contribution is -1.73. The summed E-state index contributed by atoms with van der Waals surface area (Å²) in [5.41, 5.74) is 0. The van der Waals surface area contributed by atoms with Crippen LogP contribution in [0.5, 0.6) is 0 Å². The van der Waals surface area contributed by atoms with Crippen LogP contribution in [0.2, 0.25) is 0 Å². The zero-order valence-corrected chi connectivity index (χ0v) is 4.28. The monoisotopic (exact) mass is 86.0 g/mol. The highest BCUT2D eigenvalue weighted by Gasteiger charge is 1.88. The second-order valence-electron chi connectivity index (χ2n) is 1.17. The molecule has 0 bridgehead atoms. The average molecular weight is 86.1 g/mol. The molecule has 1 aliphatic rings. The van der Waals surface area contributed by atoms with Crippen LogP contribution in [0.4, 0.5) is 0 Å². The van der Waals surface area contributed by atoms with Gasteiger partial charge in [-0.3, -0.25) is 0 Å². The molecule has 0 amide bonds. The maximum Gasteiger partial charge on any atom is -0.0269 e. The Morgan fingerprint density at radius 1 is 2.00 bits per heavy atom. The molecular formula is C4H7P. The van der Waals surface area contributed by atoms with Crippen LogP contribution in [0.1, 0.15) is 13.3 Å². The minimum Gasteiger partial charge on any atom is -0.136 e. The van der Waals surface area contributed by atoms with E-state index in [-0.39, 0.29) is 0 Å². The highest BCUT2D eigenvalue weighted by molar-refractivity contribution is 7.59. The van der Waals surface area contributed by atoms with E-state index < -0.39 is 0 Å². The largest absolute Gasteiger partial charge is 0.136 e. The van der Waals surface area contributed by atoms with Crippen LogP contribution in [0.3, 0.4) is 0 Å². The van der Waals surface area contributed by atoms with E-state index in [1.807, 2.05) is 0 Å². The predicted molar refractivity (Wildman–Crippen MR) is 29.7 cm³/mol. The summed E-state index contributed by atoms with van der Waals surface area (Å²) >= 11 is 0. The minimum absolute atomic E-state index is 1.12. The third-order valence-corrected chi connectivity index (χ3v) is 1.78. The number of hydrogen-bond acceptors (Lipinski definition) is 0. The van der Waals surface area contributed by atoms with Crippen molar-refractivity contribution in [3.05, 3.63) is 0 Å². The van der Waals surface area contributed by atoms with Gasteiger partial charge >= 0.3 is 0 Å². The van der Waals surface area contributed by atoms with Crippen LogP contribution in [-0.4, -0.2) is 11.1 Å². The third kappa shape index (κ3) is 0.662. The molecule has 28 valence electrons. The molecular weight excluding hydrogens is 79.0 g/mol. The van der Waals surface area contributed by atoms with Crippen molar-refractivity contribution >= 4 is 18.9 Å². The summed E-state index contributed by atoms with van der Waals surface area (Å²) < 4.78 is 0. The van der Waals surface area contributed by atoms with Crippen molar-refractivity contribution < 1.29 is 0 Å². The maximum absolute atomic E-state index is 2.29. The maximum atomic E-state index is 2.29. The first-order chi connectivity index (χ1) is 2.43. The highest BCUT2D eigenvalue weighted by Crippen LogP contribution is 2.01. The fraction of sp³-hybridized carbons (Fsp3) is 0.500. The molecule has 0 radical (unpaired) electrons. The Morgan fingerprint density at radius 3 is 2.60 bits per heavy atom. The summed E-state index contributed by atoms with van der Waals surface area (Å²) in [5, 5.41) is 1.66. The first-order valence-corrected chi connectivity index (χ1v) is 2.97. The van der Waals surface area contributed by atoms with Gasteiger partial charge in [-0.15, -0.1) is 7.83 Å². The normalized spacial score (nSPS) is 19.8. The molecule has 0 saturated heterocycles. The first-order valence-electron chi connectivity index (χ1n) is 1.89. The van der Waals surface area contributed by atoms with Gasteiger partial charge < -0.3 is 0 Å². The molecule has 0 aliphatic carbocycles. The third-order valence-electron chi connectivity index (χ3n) is 0.729. The van der Waals surface area contributed by atoms with Crippen molar-refractivity contribution in [2.45, 2.75) is 13.3 Å². The van der Waals surface area contributed by atoms with E-state index in [4.69, 9.17) is 0 Å². The molecule has 1 heterocycles. The molecule has 0 aromatic heterocycles. The molecule has 0 aromatic carbocycles. The molecule has 0 fully saturated rings. The zero-order valence-electron chi connectivity index (χ0n) is 3.28. The Morgan fingerprint density at radius 2 is 2.60 bits per heavy atom. The highest BCUT2D eigenvalue weighted by atomic mass is 31.0. The summed E-state index contributed by atoms with van der Waals surface area (Å²) in [6.07, 6.45) is 1.29. The van der Waals surface area contributed by atoms with Crippen LogP contribution in [0.15, 0.2) is 0 Å². The fourth-order valence-corrected chi connectivity index (χ4v) is 0.765. The molecule has 0 saturated carbocycles. The average Bonchev–Trinajstić information content (AvgIpc) is 2.12. The topological polar surface area (TPSA) is 0 Å². The van der Waals surface area contributed by atoms with Crippen LogP contribution in [-0.2, 0) is 0 Å². The quantitative estimate of drug-likeness (QED) is 0.418. The van der Waals surface area contributed by atoms with Gasteiger partial charge in [0, 0.05) is 0 Å². The van der Waals surface area contributed by atoms with E-state index in [1.165, 1.54) is 6.42 Å². The van der Waals surface area contributed by atoms with Crippen LogP contribution >= 0.6 is 7.83 Å². The summed E-state index contributed by atoms with van der Waals surface area (Å²) in [7, 11) is 1.12. The van der Waals surface area contributed by atoms with Crippen molar-refractivity contribution in [2.75, 3.05) is 0 Å². The van der Waals surface area contributed by atoms with E-state index in [9.17, 15) is 0 Å². The molecule has 1 heteroatoms. The summed E-state index contributed by atoms with van der Waals surface area (Å²) in [6, 6.07) is 0. The smallest absolute Gasteiger partial charge is 0.0269 e. The van der Waals surface area contributed by atoms with Gasteiger partial charge in [-0.1, -0.05) is 6.92 Å². The van der Waals surface area contributed by atoms with Gasteiger partial charge in [0.25, 0.3) is 0 Å². The van der Waals surface area contributed by atoms with Gasteiger partial charge in [0.05, 0.1) is 0 Å². The predicted octanol–water partition coefficient (Wildman–Crippen LogP) is 1.06. The Kier molecular flexibility index (Phi) is 0.663. The molecule has 0 aromatic rings. The van der Waals surface area contributed by atoms with Gasteiger partial charge in [0.2, 0.25) is 0 Å². The first kappa shape index (κ1) is 3.24. The van der Waals surface area contributed by atoms with E-state index in [2.05, 4.69) is 12.7 Å². The molecule has 0 N–H and O–H groups in total. The van der Waals surface area contributed by atoms with Gasteiger partial charge in [-0.05, 0) is 17.5 Å². The van der Waals surface area contributed by atoms with E-state index >= 15 is 0 Å². The lowest BCUT2D eigenvalue weighted by atomic mass is 10.4. The van der Waals surface area contributed by atoms with Gasteiger partial charge in [0.1, 0.15) is 0 Å². The fourth-order valence-electron chi connectivity index (χ4n) is 0.255. The standard InChI is InChI=1S/C4H7P/c1-2-4-3-5-4/h3,5H,2H2,1H3. The number of hydrogen-bond donors (Lipinski definition) is 0. The molecule has 1 unspecified atom stereocenters. The van der Waals surface area contributed by atoms with Crippen LogP contribution in [0, 0.1) is 0 Å². The second-order valence-corrected chi connectivity index (χ2v) is 2.39. The van der Waals surface area contributed by atoms with Crippen molar-refractivity contribution in [1.29, 1.82) is 0 Å². The van der Waals surface area contributed by atoms with Gasteiger partial charge in [-0.25, -0.2) is 0 Å². The summed E-state index contributed by atoms with van der Waals surface area (Å²) in [5.74, 6) is 2.29. The van der Waals surface area contributed by atoms with E-state index in [0.717, 1.165) is 7.83 Å². The van der Waals surface area contributed by atoms with Crippen molar-refractivity contribution in [3.63, 3.8) is 0 Å². The lowest BCUT2D eigenvalue weighted by Gasteiger charge is -1.67. The molecule has 1 atom stereocenters. The van der Waals surface area contributed by atoms with Gasteiger partial charge in [-0.2, -0.15) is 0 Å². The van der Waals surface area contributed by atoms with E-state index in [0.29, 0.717) is 0 Å². The van der Waals surface area contributed by atoms with Crippen molar-refractivity contribution in [3.8, 4) is 0 Å². The molecule has 0 nitrogen and oxygen atoms in total. The molecule has 1 rings (SSSR count). The molecule has 1 aliphatic heterocycles. The Bertz CT molecular complexity index is 96.2. The van der Waals surface area contributed by atoms with Crippen molar-refractivity contribution in [1.82, 2.24) is 0 Å². The zero-order chi connectivity index (χ0) is 3.70. The van der Waals surface area contributed by atoms with Crippen LogP contribution in [0.25, 0.3) is 0 Å². The SMILES string of the molecule is CCC1=[PH]=C1. The molecule has 0 spiro atoms. The lowest BCUT2D eigenvalue weighted by molar-refractivity contribution is 1.34. The Balaban J connectivity index is 2.30. The Labute approximate surface area is 33.3 Å². The Hall–Kier alpha value is 0.0400. The molecule has 5 heavy (non-hydrogen) atoms. The summed E-state index contributed by atoms with van der Waals surface area (Å²) in [4.78, 5) is 0. The number of rotatable bonds is 1. The summed E-state index contributed by atoms with van der Waals surface area (Å²) in [6.45, 7) is 2.20. The van der Waals surface area contributed by atoms with Crippen LogP contribution < -0.4 is 0 Å². The van der Waals surface area contributed by atoms with E-state index in [1.54, 1.807) is 5.29 Å². The second kappa shape index (κ2) is 1.02. The minimum atomic E-state index is 1.12. The van der Waals surface area contributed by atoms with Crippen molar-refractivity contribution in [2.24, 2.45) is 0 Å².